The van der Waals surface area contributed by atoms with Crippen molar-refractivity contribution in [2.24, 2.45) is 5.92 Å². The average Bonchev–Trinajstić information content (AvgIpc) is 2.30. The summed E-state index contributed by atoms with van der Waals surface area (Å²) in [5.41, 5.74) is 0. The van der Waals surface area contributed by atoms with E-state index in [4.69, 9.17) is 5.11 Å². The maximum atomic E-state index is 11.6. The molecule has 1 fully saturated rings. The van der Waals surface area contributed by atoms with Crippen molar-refractivity contribution in [3.8, 4) is 0 Å². The van der Waals surface area contributed by atoms with E-state index in [-0.39, 0.29) is 24.5 Å². The molecule has 0 radical (unpaired) electrons. The van der Waals surface area contributed by atoms with Crippen LogP contribution in [-0.2, 0) is 4.79 Å². The van der Waals surface area contributed by atoms with Crippen molar-refractivity contribution in [2.45, 2.75) is 33.7 Å². The highest BCUT2D eigenvalue weighted by molar-refractivity contribution is 5.78. The number of nitrogens with zero attached hydrogens (tertiary/aromatic N) is 1. The van der Waals surface area contributed by atoms with Crippen molar-refractivity contribution < 1.29 is 9.90 Å². The molecule has 1 saturated heterocycles. The average molecular weight is 216 g/mol. The summed E-state index contributed by atoms with van der Waals surface area (Å²) in [6, 6.07) is 0.0523. The Morgan fingerprint density at radius 3 is 2.60 bits per heavy atom. The molecule has 1 aliphatic heterocycles. The maximum Gasteiger partial charge on any atom is 0.225 e. The third kappa shape index (κ3) is 4.62. The zero-order chi connectivity index (χ0) is 11.8. The molecule has 1 rings (SSSR count). The van der Waals surface area contributed by atoms with E-state index in [2.05, 4.69) is 5.32 Å². The van der Waals surface area contributed by atoms with Crippen molar-refractivity contribution in [3.63, 3.8) is 0 Å². The molecule has 1 atom stereocenters. The zero-order valence-corrected chi connectivity index (χ0v) is 10.3. The van der Waals surface area contributed by atoms with E-state index in [1.807, 2.05) is 32.6 Å². The lowest BCUT2D eigenvalue weighted by atomic mass is 10.1. The summed E-state index contributed by atoms with van der Waals surface area (Å²) in [6.07, 6.45) is 0. The molecule has 2 N–H and O–H groups in total. The molecule has 90 valence electrons. The Labute approximate surface area is 92.7 Å². The minimum Gasteiger partial charge on any atom is -0.395 e. The summed E-state index contributed by atoms with van der Waals surface area (Å²) >= 11 is 0. The van der Waals surface area contributed by atoms with Gasteiger partial charge in [0.25, 0.3) is 0 Å². The van der Waals surface area contributed by atoms with E-state index in [1.165, 1.54) is 0 Å². The first-order valence-electron chi connectivity index (χ1n) is 5.78. The van der Waals surface area contributed by atoms with Crippen molar-refractivity contribution >= 4 is 5.91 Å². The molecule has 0 aromatic rings. The second-order valence-corrected chi connectivity index (χ2v) is 3.77. The zero-order valence-electron chi connectivity index (χ0n) is 10.3. The molecule has 0 saturated carbocycles. The molecule has 1 unspecified atom stereocenters. The van der Waals surface area contributed by atoms with Gasteiger partial charge in [0.2, 0.25) is 5.91 Å². The van der Waals surface area contributed by atoms with Gasteiger partial charge in [0.1, 0.15) is 0 Å². The van der Waals surface area contributed by atoms with Crippen molar-refractivity contribution in [1.82, 2.24) is 10.2 Å². The van der Waals surface area contributed by atoms with Gasteiger partial charge in [0.15, 0.2) is 0 Å². The first-order valence-corrected chi connectivity index (χ1v) is 5.78. The lowest BCUT2D eigenvalue weighted by molar-refractivity contribution is -0.135. The van der Waals surface area contributed by atoms with Crippen molar-refractivity contribution in [3.05, 3.63) is 0 Å². The minimum absolute atomic E-state index is 0.0523. The second kappa shape index (κ2) is 7.65. The topological polar surface area (TPSA) is 52.6 Å². The summed E-state index contributed by atoms with van der Waals surface area (Å²) in [5, 5.41) is 12.1. The Morgan fingerprint density at radius 2 is 2.13 bits per heavy atom. The quantitative estimate of drug-likeness (QED) is 0.705. The Balaban J connectivity index is 0.000000921. The van der Waals surface area contributed by atoms with Crippen LogP contribution in [0.2, 0.25) is 0 Å². The van der Waals surface area contributed by atoms with Crippen LogP contribution >= 0.6 is 0 Å². The largest absolute Gasteiger partial charge is 0.395 e. The highest BCUT2D eigenvalue weighted by atomic mass is 16.3. The van der Waals surface area contributed by atoms with Crippen LogP contribution in [0.5, 0.6) is 0 Å². The fraction of sp³-hybridized carbons (Fsp3) is 0.909. The van der Waals surface area contributed by atoms with E-state index in [9.17, 15) is 4.79 Å². The Bertz CT molecular complexity index is 183. The number of aliphatic hydroxyl groups excluding tert-OH is 1. The van der Waals surface area contributed by atoms with Gasteiger partial charge in [-0.25, -0.2) is 0 Å². The van der Waals surface area contributed by atoms with Crippen LogP contribution in [0, 0.1) is 5.92 Å². The monoisotopic (exact) mass is 216 g/mol. The van der Waals surface area contributed by atoms with Gasteiger partial charge in [-0.1, -0.05) is 27.7 Å². The molecule has 0 aromatic carbocycles. The molecular weight excluding hydrogens is 192 g/mol. The molecule has 0 aromatic heterocycles. The fourth-order valence-electron chi connectivity index (χ4n) is 1.51. The highest BCUT2D eigenvalue weighted by Gasteiger charge is 2.23. The van der Waals surface area contributed by atoms with E-state index in [0.717, 1.165) is 13.1 Å². The molecule has 0 bridgehead atoms. The number of rotatable bonds is 2. The lowest BCUT2D eigenvalue weighted by Gasteiger charge is -2.33. The van der Waals surface area contributed by atoms with Gasteiger partial charge in [-0.2, -0.15) is 0 Å². The number of carbonyl (C=O) groups excluding carboxylic acids is 1. The fourth-order valence-corrected chi connectivity index (χ4v) is 1.51. The summed E-state index contributed by atoms with van der Waals surface area (Å²) in [7, 11) is 0. The summed E-state index contributed by atoms with van der Waals surface area (Å²) < 4.78 is 0. The second-order valence-electron chi connectivity index (χ2n) is 3.77. The van der Waals surface area contributed by atoms with Crippen LogP contribution in [0.25, 0.3) is 0 Å². The number of carbonyl (C=O) groups is 1. The normalized spacial score (nSPS) is 20.9. The SMILES string of the molecule is CC.CC(C)C(=O)N1CCNC(CO)C1. The molecule has 4 nitrogen and oxygen atoms in total. The predicted octanol–water partition coefficient (Wildman–Crippen LogP) is 0.461. The van der Waals surface area contributed by atoms with E-state index in [0.29, 0.717) is 6.54 Å². The Morgan fingerprint density at radius 1 is 1.53 bits per heavy atom. The van der Waals surface area contributed by atoms with Crippen LogP contribution in [-0.4, -0.2) is 48.2 Å². The first-order chi connectivity index (χ1) is 7.15. The van der Waals surface area contributed by atoms with Gasteiger partial charge >= 0.3 is 0 Å². The molecular formula is C11H24N2O2. The minimum atomic E-state index is 0.0523. The number of nitrogens with one attached hydrogen (secondary N) is 1. The summed E-state index contributed by atoms with van der Waals surface area (Å²) in [6.45, 7) is 10.1. The smallest absolute Gasteiger partial charge is 0.225 e. The van der Waals surface area contributed by atoms with Gasteiger partial charge in [-0.15, -0.1) is 0 Å². The van der Waals surface area contributed by atoms with Crippen LogP contribution in [0.1, 0.15) is 27.7 Å². The van der Waals surface area contributed by atoms with E-state index < -0.39 is 0 Å². The molecule has 1 heterocycles. The number of amides is 1. The number of hydrogen-bond acceptors (Lipinski definition) is 3. The predicted molar refractivity (Wildman–Crippen MR) is 61.6 cm³/mol. The van der Waals surface area contributed by atoms with Crippen molar-refractivity contribution in [2.75, 3.05) is 26.2 Å². The summed E-state index contributed by atoms with van der Waals surface area (Å²) in [5.74, 6) is 0.234. The highest BCUT2D eigenvalue weighted by Crippen LogP contribution is 2.05. The molecule has 1 amide bonds. The van der Waals surface area contributed by atoms with E-state index in [1.54, 1.807) is 0 Å². The Hall–Kier alpha value is -0.610. The van der Waals surface area contributed by atoms with Crippen LogP contribution < -0.4 is 5.32 Å². The maximum absolute atomic E-state index is 11.6. The van der Waals surface area contributed by atoms with E-state index >= 15 is 0 Å². The van der Waals surface area contributed by atoms with Gasteiger partial charge in [-0.3, -0.25) is 4.79 Å². The van der Waals surface area contributed by atoms with Gasteiger partial charge in [0, 0.05) is 31.6 Å². The molecule has 0 spiro atoms. The van der Waals surface area contributed by atoms with Gasteiger partial charge in [0.05, 0.1) is 6.61 Å². The standard InChI is InChI=1S/C9H18N2O2.C2H6/c1-7(2)9(13)11-4-3-10-8(5-11)6-12;1-2/h7-8,10,12H,3-6H2,1-2H3;1-2H3. The number of hydrogen-bond donors (Lipinski definition) is 2. The number of aliphatic hydroxyl groups is 1. The third-order valence-corrected chi connectivity index (χ3v) is 2.28. The van der Waals surface area contributed by atoms with Crippen molar-refractivity contribution in [1.29, 1.82) is 0 Å². The van der Waals surface area contributed by atoms with Gasteiger partial charge in [-0.05, 0) is 0 Å². The Kier molecular flexibility index (Phi) is 7.34. The molecule has 4 heteroatoms. The number of piperazine rings is 1. The molecule has 1 aliphatic rings. The first kappa shape index (κ1) is 14.4. The van der Waals surface area contributed by atoms with Crippen LogP contribution in [0.3, 0.4) is 0 Å². The van der Waals surface area contributed by atoms with Gasteiger partial charge < -0.3 is 15.3 Å². The lowest BCUT2D eigenvalue weighted by Crippen LogP contribution is -2.54. The molecule has 15 heavy (non-hydrogen) atoms. The van der Waals surface area contributed by atoms with Crippen LogP contribution in [0.4, 0.5) is 0 Å². The third-order valence-electron chi connectivity index (χ3n) is 2.28. The molecule has 0 aliphatic carbocycles. The van der Waals surface area contributed by atoms with Crippen LogP contribution in [0.15, 0.2) is 0 Å². The summed E-state index contributed by atoms with van der Waals surface area (Å²) in [4.78, 5) is 13.4.